The van der Waals surface area contributed by atoms with Gasteiger partial charge in [-0.05, 0) is 17.5 Å². The predicted octanol–water partition coefficient (Wildman–Crippen LogP) is 2.56. The van der Waals surface area contributed by atoms with E-state index in [1.54, 1.807) is 30.3 Å². The molecule has 108 valence electrons. The highest BCUT2D eigenvalue weighted by atomic mass is 16.4. The first-order valence-corrected chi connectivity index (χ1v) is 6.78. The van der Waals surface area contributed by atoms with Crippen molar-refractivity contribution in [2.45, 2.75) is 18.9 Å². The molecular weight excluding hydrogens is 266 g/mol. The van der Waals surface area contributed by atoms with Gasteiger partial charge in [0.25, 0.3) is 0 Å². The third-order valence-electron chi connectivity index (χ3n) is 3.17. The van der Waals surface area contributed by atoms with E-state index in [0.29, 0.717) is 12.0 Å². The number of carboxylic acid groups (broad SMARTS) is 1. The van der Waals surface area contributed by atoms with Crippen molar-refractivity contribution in [1.82, 2.24) is 5.32 Å². The van der Waals surface area contributed by atoms with Crippen LogP contribution in [0.5, 0.6) is 0 Å². The van der Waals surface area contributed by atoms with Crippen LogP contribution in [0.3, 0.4) is 0 Å². The Balaban J connectivity index is 1.95. The molecule has 0 spiro atoms. The summed E-state index contributed by atoms with van der Waals surface area (Å²) in [6.45, 7) is 0. The number of aryl methyl sites for hydroxylation is 1. The van der Waals surface area contributed by atoms with Crippen LogP contribution in [-0.4, -0.2) is 17.0 Å². The van der Waals surface area contributed by atoms with Crippen molar-refractivity contribution < 1.29 is 14.7 Å². The number of carbonyl (C=O) groups excluding carboxylic acids is 1. The van der Waals surface area contributed by atoms with Crippen molar-refractivity contribution in [3.63, 3.8) is 0 Å². The predicted molar refractivity (Wildman–Crippen MR) is 79.7 cm³/mol. The summed E-state index contributed by atoms with van der Waals surface area (Å²) in [6.07, 6.45) is 0.856. The van der Waals surface area contributed by atoms with E-state index in [1.807, 2.05) is 30.3 Å². The molecule has 1 atom stereocenters. The Labute approximate surface area is 123 Å². The van der Waals surface area contributed by atoms with Gasteiger partial charge in [-0.3, -0.25) is 4.79 Å². The molecule has 0 aromatic heterocycles. The molecule has 0 heterocycles. The number of carbonyl (C=O) groups is 2. The van der Waals surface area contributed by atoms with E-state index in [0.717, 1.165) is 5.56 Å². The monoisotopic (exact) mass is 283 g/mol. The molecule has 0 saturated carbocycles. The van der Waals surface area contributed by atoms with Crippen LogP contribution in [0.4, 0.5) is 0 Å². The number of carboxylic acids is 1. The molecule has 0 unspecified atom stereocenters. The summed E-state index contributed by atoms with van der Waals surface area (Å²) in [7, 11) is 0. The molecule has 1 amide bonds. The molecule has 0 aliphatic rings. The lowest BCUT2D eigenvalue weighted by Gasteiger charge is -2.14. The molecule has 2 rings (SSSR count). The van der Waals surface area contributed by atoms with E-state index >= 15 is 0 Å². The van der Waals surface area contributed by atoms with E-state index < -0.39 is 12.0 Å². The zero-order valence-corrected chi connectivity index (χ0v) is 11.5. The topological polar surface area (TPSA) is 66.4 Å². The van der Waals surface area contributed by atoms with Gasteiger partial charge in [0, 0.05) is 6.42 Å². The smallest absolute Gasteiger partial charge is 0.330 e. The van der Waals surface area contributed by atoms with Gasteiger partial charge in [-0.1, -0.05) is 60.7 Å². The Kier molecular flexibility index (Phi) is 5.10. The summed E-state index contributed by atoms with van der Waals surface area (Å²) in [5.41, 5.74) is 1.62. The van der Waals surface area contributed by atoms with Gasteiger partial charge >= 0.3 is 5.97 Å². The van der Waals surface area contributed by atoms with E-state index in [9.17, 15) is 14.7 Å². The SMILES string of the molecule is O=C(CCc1ccccc1)N[C@@H](C(=O)O)c1ccccc1. The molecule has 21 heavy (non-hydrogen) atoms. The van der Waals surface area contributed by atoms with Crippen molar-refractivity contribution in [2.75, 3.05) is 0 Å². The second kappa shape index (κ2) is 7.24. The van der Waals surface area contributed by atoms with Crippen LogP contribution in [0, 0.1) is 0 Å². The molecule has 0 bridgehead atoms. The van der Waals surface area contributed by atoms with Gasteiger partial charge < -0.3 is 10.4 Å². The van der Waals surface area contributed by atoms with Crippen LogP contribution in [0.25, 0.3) is 0 Å². The highest BCUT2D eigenvalue weighted by molar-refractivity contribution is 5.84. The number of benzene rings is 2. The minimum atomic E-state index is -1.06. The van der Waals surface area contributed by atoms with Crippen LogP contribution in [0.15, 0.2) is 60.7 Å². The lowest BCUT2D eigenvalue weighted by atomic mass is 10.1. The number of amides is 1. The van der Waals surface area contributed by atoms with E-state index in [-0.39, 0.29) is 12.3 Å². The van der Waals surface area contributed by atoms with Crippen molar-refractivity contribution in [2.24, 2.45) is 0 Å². The minimum Gasteiger partial charge on any atom is -0.479 e. The summed E-state index contributed by atoms with van der Waals surface area (Å²) >= 11 is 0. The highest BCUT2D eigenvalue weighted by Gasteiger charge is 2.21. The van der Waals surface area contributed by atoms with Crippen molar-refractivity contribution >= 4 is 11.9 Å². The Morgan fingerprint density at radius 1 is 0.952 bits per heavy atom. The fourth-order valence-corrected chi connectivity index (χ4v) is 2.07. The van der Waals surface area contributed by atoms with Crippen molar-refractivity contribution in [1.29, 1.82) is 0 Å². The second-order valence-corrected chi connectivity index (χ2v) is 4.74. The van der Waals surface area contributed by atoms with Gasteiger partial charge in [-0.25, -0.2) is 4.79 Å². The standard InChI is InChI=1S/C17H17NO3/c19-15(12-11-13-7-3-1-4-8-13)18-16(17(20)21)14-9-5-2-6-10-14/h1-10,16H,11-12H2,(H,18,19)(H,20,21)/t16-/m1/s1. The zero-order valence-electron chi connectivity index (χ0n) is 11.5. The van der Waals surface area contributed by atoms with Gasteiger partial charge in [0.1, 0.15) is 0 Å². The molecule has 2 aromatic rings. The fraction of sp³-hybridized carbons (Fsp3) is 0.176. The quantitative estimate of drug-likeness (QED) is 0.856. The van der Waals surface area contributed by atoms with Gasteiger partial charge in [0.05, 0.1) is 0 Å². The number of nitrogens with one attached hydrogen (secondary N) is 1. The van der Waals surface area contributed by atoms with Crippen molar-refractivity contribution in [3.8, 4) is 0 Å². The van der Waals surface area contributed by atoms with E-state index in [4.69, 9.17) is 0 Å². The van der Waals surface area contributed by atoms with Crippen LogP contribution in [0.1, 0.15) is 23.6 Å². The number of hydrogen-bond acceptors (Lipinski definition) is 2. The van der Waals surface area contributed by atoms with Crippen LogP contribution in [-0.2, 0) is 16.0 Å². The molecule has 0 aliphatic carbocycles. The molecule has 0 radical (unpaired) electrons. The second-order valence-electron chi connectivity index (χ2n) is 4.74. The fourth-order valence-electron chi connectivity index (χ4n) is 2.07. The Morgan fingerprint density at radius 3 is 2.10 bits per heavy atom. The molecule has 0 saturated heterocycles. The molecule has 0 fully saturated rings. The lowest BCUT2D eigenvalue weighted by molar-refractivity contribution is -0.142. The summed E-state index contributed by atoms with van der Waals surface area (Å²) in [5.74, 6) is -1.33. The average Bonchev–Trinajstić information content (AvgIpc) is 2.52. The lowest BCUT2D eigenvalue weighted by Crippen LogP contribution is -2.33. The normalized spacial score (nSPS) is 11.6. The maximum Gasteiger partial charge on any atom is 0.330 e. The average molecular weight is 283 g/mol. The minimum absolute atomic E-state index is 0.265. The highest BCUT2D eigenvalue weighted by Crippen LogP contribution is 2.13. The maximum absolute atomic E-state index is 11.9. The van der Waals surface area contributed by atoms with E-state index in [2.05, 4.69) is 5.32 Å². The number of rotatable bonds is 6. The van der Waals surface area contributed by atoms with Gasteiger partial charge in [-0.15, -0.1) is 0 Å². The van der Waals surface area contributed by atoms with Crippen LogP contribution >= 0.6 is 0 Å². The maximum atomic E-state index is 11.9. The summed E-state index contributed by atoms with van der Waals surface area (Å²) in [4.78, 5) is 23.2. The molecule has 2 aromatic carbocycles. The third-order valence-corrected chi connectivity index (χ3v) is 3.17. The molecule has 0 aliphatic heterocycles. The van der Waals surface area contributed by atoms with Gasteiger partial charge in [0.15, 0.2) is 6.04 Å². The van der Waals surface area contributed by atoms with Gasteiger partial charge in [0.2, 0.25) is 5.91 Å². The van der Waals surface area contributed by atoms with Gasteiger partial charge in [-0.2, -0.15) is 0 Å². The van der Waals surface area contributed by atoms with Crippen LogP contribution < -0.4 is 5.32 Å². The molecule has 4 heteroatoms. The first-order chi connectivity index (χ1) is 10.2. The summed E-state index contributed by atoms with van der Waals surface area (Å²) < 4.78 is 0. The summed E-state index contributed by atoms with van der Waals surface area (Å²) in [6, 6.07) is 17.3. The van der Waals surface area contributed by atoms with Crippen molar-refractivity contribution in [3.05, 3.63) is 71.8 Å². The molecular formula is C17H17NO3. The zero-order chi connectivity index (χ0) is 15.1. The Hall–Kier alpha value is -2.62. The molecule has 4 nitrogen and oxygen atoms in total. The third kappa shape index (κ3) is 4.45. The largest absolute Gasteiger partial charge is 0.479 e. The first kappa shape index (κ1) is 14.8. The summed E-state index contributed by atoms with van der Waals surface area (Å²) in [5, 5.41) is 11.8. The molecule has 2 N–H and O–H groups in total. The Bertz CT molecular complexity index is 596. The van der Waals surface area contributed by atoms with Crippen LogP contribution in [0.2, 0.25) is 0 Å². The van der Waals surface area contributed by atoms with E-state index in [1.165, 1.54) is 0 Å². The Morgan fingerprint density at radius 2 is 1.52 bits per heavy atom. The number of hydrogen-bond donors (Lipinski definition) is 2. The first-order valence-electron chi connectivity index (χ1n) is 6.78. The number of aliphatic carboxylic acids is 1.